The number of hydrogen-bond donors (Lipinski definition) is 0. The van der Waals surface area contributed by atoms with E-state index in [1.807, 2.05) is 20.8 Å². The molecule has 0 aliphatic heterocycles. The first kappa shape index (κ1) is 11.9. The van der Waals surface area contributed by atoms with Crippen molar-refractivity contribution in [1.82, 2.24) is 14.6 Å². The molecule has 2 aromatic heterocycles. The molecular formula is C11H12F3N3. The Hall–Kier alpha value is -1.59. The Morgan fingerprint density at radius 1 is 1.18 bits per heavy atom. The number of alkyl halides is 3. The molecule has 3 nitrogen and oxygen atoms in total. The normalized spacial score (nSPS) is 13.3. The van der Waals surface area contributed by atoms with Gasteiger partial charge >= 0.3 is 6.18 Å². The van der Waals surface area contributed by atoms with Crippen LogP contribution in [-0.4, -0.2) is 14.6 Å². The fourth-order valence-corrected chi connectivity index (χ4v) is 1.47. The van der Waals surface area contributed by atoms with Crippen LogP contribution in [0.4, 0.5) is 13.2 Å². The van der Waals surface area contributed by atoms with E-state index in [2.05, 4.69) is 10.1 Å². The number of nitrogens with zero attached hydrogens (tertiary/aromatic N) is 3. The van der Waals surface area contributed by atoms with E-state index in [9.17, 15) is 13.2 Å². The fraction of sp³-hybridized carbons (Fsp3) is 0.455. The lowest BCUT2D eigenvalue weighted by Gasteiger charge is -2.18. The number of halogens is 3. The van der Waals surface area contributed by atoms with Crippen molar-refractivity contribution in [3.63, 3.8) is 0 Å². The first-order chi connectivity index (χ1) is 7.68. The third-order valence-corrected chi connectivity index (χ3v) is 2.46. The largest absolute Gasteiger partial charge is 0.453 e. The highest BCUT2D eigenvalue weighted by atomic mass is 19.4. The third-order valence-electron chi connectivity index (χ3n) is 2.46. The molecule has 0 saturated carbocycles. The van der Waals surface area contributed by atoms with E-state index < -0.39 is 12.0 Å². The predicted octanol–water partition coefficient (Wildman–Crippen LogP) is 3.05. The lowest BCUT2D eigenvalue weighted by atomic mass is 9.88. The van der Waals surface area contributed by atoms with Crippen LogP contribution in [0.1, 0.15) is 32.2 Å². The molecule has 0 bridgehead atoms. The van der Waals surface area contributed by atoms with Crippen LogP contribution in [0.3, 0.4) is 0 Å². The van der Waals surface area contributed by atoms with Crippen molar-refractivity contribution in [1.29, 1.82) is 0 Å². The summed E-state index contributed by atoms with van der Waals surface area (Å²) in [6, 6.07) is 3.38. The highest BCUT2D eigenvalue weighted by molar-refractivity contribution is 5.42. The van der Waals surface area contributed by atoms with Crippen molar-refractivity contribution in [3.8, 4) is 0 Å². The second-order valence-electron chi connectivity index (χ2n) is 4.90. The standard InChI is InChI=1S/C11H12F3N3/c1-10(2,3)7-4-5-17-8(6-7)15-9(16-17)11(12,13)14/h4-6H,1-3H3. The molecule has 2 rings (SSSR count). The monoisotopic (exact) mass is 243 g/mol. The van der Waals surface area contributed by atoms with Gasteiger partial charge in [0.05, 0.1) is 0 Å². The van der Waals surface area contributed by atoms with Gasteiger partial charge in [0.15, 0.2) is 5.65 Å². The van der Waals surface area contributed by atoms with E-state index in [0.717, 1.165) is 10.1 Å². The van der Waals surface area contributed by atoms with Crippen molar-refractivity contribution in [2.45, 2.75) is 32.4 Å². The number of rotatable bonds is 0. The summed E-state index contributed by atoms with van der Waals surface area (Å²) in [7, 11) is 0. The Kier molecular flexibility index (Phi) is 2.41. The van der Waals surface area contributed by atoms with Crippen LogP contribution >= 0.6 is 0 Å². The Balaban J connectivity index is 2.56. The highest BCUT2D eigenvalue weighted by Gasteiger charge is 2.36. The van der Waals surface area contributed by atoms with Crippen molar-refractivity contribution in [2.75, 3.05) is 0 Å². The minimum Gasteiger partial charge on any atom is -0.221 e. The molecule has 92 valence electrons. The topological polar surface area (TPSA) is 30.2 Å². The minimum atomic E-state index is -4.51. The molecule has 0 N–H and O–H groups in total. The van der Waals surface area contributed by atoms with Crippen LogP contribution in [0, 0.1) is 0 Å². The lowest BCUT2D eigenvalue weighted by molar-refractivity contribution is -0.144. The SMILES string of the molecule is CC(C)(C)c1ccn2nc(C(F)(F)F)nc2c1. The quantitative estimate of drug-likeness (QED) is 0.711. The maximum atomic E-state index is 12.4. The van der Waals surface area contributed by atoms with Gasteiger partial charge < -0.3 is 0 Å². The summed E-state index contributed by atoms with van der Waals surface area (Å²) in [6.07, 6.45) is -3.01. The van der Waals surface area contributed by atoms with Crippen LogP contribution in [-0.2, 0) is 11.6 Å². The number of aromatic nitrogens is 3. The summed E-state index contributed by atoms with van der Waals surface area (Å²) < 4.78 is 38.4. The summed E-state index contributed by atoms with van der Waals surface area (Å²) in [5.74, 6) is -1.11. The molecule has 2 heterocycles. The van der Waals surface area contributed by atoms with E-state index in [1.165, 1.54) is 6.20 Å². The molecule has 0 aliphatic carbocycles. The van der Waals surface area contributed by atoms with E-state index >= 15 is 0 Å². The molecule has 0 aliphatic rings. The smallest absolute Gasteiger partial charge is 0.221 e. The summed E-state index contributed by atoms with van der Waals surface area (Å²) in [5, 5.41) is 3.39. The zero-order valence-electron chi connectivity index (χ0n) is 9.71. The average molecular weight is 243 g/mol. The average Bonchev–Trinajstić information content (AvgIpc) is 2.57. The minimum absolute atomic E-state index is 0.133. The lowest BCUT2D eigenvalue weighted by Crippen LogP contribution is -2.11. The highest BCUT2D eigenvalue weighted by Crippen LogP contribution is 2.28. The molecule has 0 spiro atoms. The van der Waals surface area contributed by atoms with Gasteiger partial charge in [-0.25, -0.2) is 9.50 Å². The molecule has 0 amide bonds. The molecule has 0 saturated heterocycles. The first-order valence-electron chi connectivity index (χ1n) is 5.12. The first-order valence-corrected chi connectivity index (χ1v) is 5.12. The van der Waals surface area contributed by atoms with Gasteiger partial charge in [-0.2, -0.15) is 13.2 Å². The van der Waals surface area contributed by atoms with E-state index in [-0.39, 0.29) is 11.1 Å². The van der Waals surface area contributed by atoms with Crippen LogP contribution in [0.2, 0.25) is 0 Å². The third kappa shape index (κ3) is 2.25. The molecule has 17 heavy (non-hydrogen) atoms. The predicted molar refractivity (Wildman–Crippen MR) is 56.7 cm³/mol. The van der Waals surface area contributed by atoms with Gasteiger partial charge in [0, 0.05) is 6.20 Å². The molecule has 0 radical (unpaired) electrons. The second kappa shape index (κ2) is 3.45. The maximum Gasteiger partial charge on any atom is 0.453 e. The van der Waals surface area contributed by atoms with Gasteiger partial charge in [0.2, 0.25) is 0 Å². The summed E-state index contributed by atoms with van der Waals surface area (Å²) in [5.41, 5.74) is 1.00. The molecular weight excluding hydrogens is 231 g/mol. The van der Waals surface area contributed by atoms with Gasteiger partial charge in [-0.3, -0.25) is 0 Å². The zero-order valence-corrected chi connectivity index (χ0v) is 9.71. The number of pyridine rings is 1. The fourth-order valence-electron chi connectivity index (χ4n) is 1.47. The summed E-state index contributed by atoms with van der Waals surface area (Å²) >= 11 is 0. The number of fused-ring (bicyclic) bond motifs is 1. The van der Waals surface area contributed by atoms with Gasteiger partial charge in [-0.05, 0) is 23.1 Å². The summed E-state index contributed by atoms with van der Waals surface area (Å²) in [6.45, 7) is 5.96. The molecule has 0 aromatic carbocycles. The van der Waals surface area contributed by atoms with Gasteiger partial charge in [-0.15, -0.1) is 5.10 Å². The van der Waals surface area contributed by atoms with Crippen molar-refractivity contribution < 1.29 is 13.2 Å². The maximum absolute atomic E-state index is 12.4. The Morgan fingerprint density at radius 2 is 1.82 bits per heavy atom. The Labute approximate surface area is 96.3 Å². The second-order valence-corrected chi connectivity index (χ2v) is 4.90. The molecule has 0 atom stereocenters. The molecule has 6 heteroatoms. The van der Waals surface area contributed by atoms with Crippen molar-refractivity contribution >= 4 is 5.65 Å². The molecule has 0 unspecified atom stereocenters. The van der Waals surface area contributed by atoms with Crippen LogP contribution in [0.25, 0.3) is 5.65 Å². The Bertz CT molecular complexity index is 537. The van der Waals surface area contributed by atoms with Crippen LogP contribution in [0.15, 0.2) is 18.3 Å². The van der Waals surface area contributed by atoms with Gasteiger partial charge in [0.25, 0.3) is 5.82 Å². The Morgan fingerprint density at radius 3 is 2.35 bits per heavy atom. The van der Waals surface area contributed by atoms with Gasteiger partial charge in [-0.1, -0.05) is 20.8 Å². The van der Waals surface area contributed by atoms with Crippen molar-refractivity contribution in [3.05, 3.63) is 29.7 Å². The number of hydrogen-bond acceptors (Lipinski definition) is 2. The molecule has 2 aromatic rings. The van der Waals surface area contributed by atoms with E-state index in [1.54, 1.807) is 12.1 Å². The molecule has 0 fully saturated rings. The zero-order chi connectivity index (χ0) is 12.8. The van der Waals surface area contributed by atoms with E-state index in [4.69, 9.17) is 0 Å². The van der Waals surface area contributed by atoms with Crippen LogP contribution < -0.4 is 0 Å². The summed E-state index contributed by atoms with van der Waals surface area (Å²) in [4.78, 5) is 3.48. The van der Waals surface area contributed by atoms with Gasteiger partial charge in [0.1, 0.15) is 0 Å². The van der Waals surface area contributed by atoms with E-state index in [0.29, 0.717) is 0 Å². The van der Waals surface area contributed by atoms with Crippen molar-refractivity contribution in [2.24, 2.45) is 0 Å². The van der Waals surface area contributed by atoms with Crippen LogP contribution in [0.5, 0.6) is 0 Å².